The van der Waals surface area contributed by atoms with Crippen molar-refractivity contribution in [1.82, 2.24) is 10.2 Å². The molecular weight excluding hydrogens is 452 g/mol. The van der Waals surface area contributed by atoms with E-state index in [-0.39, 0.29) is 17.7 Å². The van der Waals surface area contributed by atoms with E-state index in [0.717, 1.165) is 16.7 Å². The van der Waals surface area contributed by atoms with Crippen molar-refractivity contribution >= 4 is 11.8 Å². The molecule has 0 aromatic heterocycles. The van der Waals surface area contributed by atoms with Crippen LogP contribution < -0.4 is 14.8 Å². The maximum absolute atomic E-state index is 13.6. The second-order valence-electron chi connectivity index (χ2n) is 9.04. The molecule has 1 atom stereocenters. The predicted molar refractivity (Wildman–Crippen MR) is 142 cm³/mol. The molecule has 0 aliphatic carbocycles. The van der Waals surface area contributed by atoms with Crippen molar-refractivity contribution in [3.8, 4) is 11.5 Å². The van der Waals surface area contributed by atoms with Gasteiger partial charge in [-0.15, -0.1) is 0 Å². The molecular formula is C30H36N2O4. The molecule has 3 aromatic rings. The van der Waals surface area contributed by atoms with Gasteiger partial charge in [-0.2, -0.15) is 0 Å². The van der Waals surface area contributed by atoms with Crippen LogP contribution in [-0.2, 0) is 29.0 Å². The van der Waals surface area contributed by atoms with E-state index in [4.69, 9.17) is 9.47 Å². The monoisotopic (exact) mass is 488 g/mol. The van der Waals surface area contributed by atoms with Crippen LogP contribution in [0.5, 0.6) is 11.5 Å². The van der Waals surface area contributed by atoms with Crippen molar-refractivity contribution in [2.75, 3.05) is 20.8 Å². The molecule has 3 rings (SSSR count). The van der Waals surface area contributed by atoms with Crippen LogP contribution in [0.2, 0.25) is 0 Å². The molecule has 0 bridgehead atoms. The normalized spacial score (nSPS) is 11.6. The van der Waals surface area contributed by atoms with Crippen LogP contribution in [0, 0.1) is 5.92 Å². The third kappa shape index (κ3) is 7.35. The summed E-state index contributed by atoms with van der Waals surface area (Å²) >= 11 is 0. The van der Waals surface area contributed by atoms with Gasteiger partial charge in [-0.1, -0.05) is 80.6 Å². The fraction of sp³-hybridized carbons (Fsp3) is 0.333. The van der Waals surface area contributed by atoms with Crippen molar-refractivity contribution < 1.29 is 19.1 Å². The lowest BCUT2D eigenvalue weighted by Crippen LogP contribution is -2.51. The van der Waals surface area contributed by atoms with Crippen LogP contribution in [0.25, 0.3) is 0 Å². The molecule has 2 amide bonds. The van der Waals surface area contributed by atoms with Gasteiger partial charge in [0.2, 0.25) is 11.8 Å². The Morgan fingerprint density at radius 2 is 1.42 bits per heavy atom. The van der Waals surface area contributed by atoms with Crippen molar-refractivity contribution in [2.45, 2.75) is 39.3 Å². The third-order valence-corrected chi connectivity index (χ3v) is 6.08. The van der Waals surface area contributed by atoms with Gasteiger partial charge in [0.05, 0.1) is 14.2 Å². The average molecular weight is 489 g/mol. The third-order valence-electron chi connectivity index (χ3n) is 6.08. The highest BCUT2D eigenvalue weighted by Gasteiger charge is 2.31. The Hall–Kier alpha value is -3.80. The van der Waals surface area contributed by atoms with E-state index >= 15 is 0 Å². The van der Waals surface area contributed by atoms with Crippen LogP contribution >= 0.6 is 0 Å². The summed E-state index contributed by atoms with van der Waals surface area (Å²) in [6.45, 7) is 4.55. The number of nitrogens with one attached hydrogen (secondary N) is 1. The van der Waals surface area contributed by atoms with Crippen LogP contribution in [0.15, 0.2) is 78.9 Å². The maximum Gasteiger partial charge on any atom is 0.243 e. The van der Waals surface area contributed by atoms with Crippen LogP contribution in [0.3, 0.4) is 0 Å². The molecule has 0 heterocycles. The van der Waals surface area contributed by atoms with Crippen molar-refractivity contribution in [1.29, 1.82) is 0 Å². The van der Waals surface area contributed by atoms with Crippen molar-refractivity contribution in [3.05, 3.63) is 95.6 Å². The maximum atomic E-state index is 13.6. The lowest BCUT2D eigenvalue weighted by atomic mass is 10.0. The van der Waals surface area contributed by atoms with Gasteiger partial charge in [0.15, 0.2) is 11.5 Å². The fourth-order valence-corrected chi connectivity index (χ4v) is 4.12. The molecule has 0 radical (unpaired) electrons. The van der Waals surface area contributed by atoms with Gasteiger partial charge in [0, 0.05) is 25.4 Å². The number of benzene rings is 3. The minimum atomic E-state index is -0.632. The van der Waals surface area contributed by atoms with Crippen LogP contribution in [-0.4, -0.2) is 43.5 Å². The molecule has 0 aliphatic rings. The van der Waals surface area contributed by atoms with Crippen LogP contribution in [0.4, 0.5) is 0 Å². The molecule has 36 heavy (non-hydrogen) atoms. The van der Waals surface area contributed by atoms with Gasteiger partial charge in [0.1, 0.15) is 6.04 Å². The molecule has 3 aromatic carbocycles. The largest absolute Gasteiger partial charge is 0.493 e. The van der Waals surface area contributed by atoms with Crippen molar-refractivity contribution in [2.24, 2.45) is 5.92 Å². The fourth-order valence-electron chi connectivity index (χ4n) is 4.12. The number of carbonyl (C=O) groups excluding carboxylic acids is 2. The standard InChI is InChI=1S/C30H36N2O4/c1-22(2)30(34)32(21-25-13-9-6-10-14-25)26(19-23-11-7-5-8-12-23)29(33)31-18-17-24-15-16-27(35-3)28(20-24)36-4/h5-16,20,22,26H,17-19,21H2,1-4H3,(H,31,33)/t26-/m1/s1. The molecule has 6 heteroatoms. The average Bonchev–Trinajstić information content (AvgIpc) is 2.91. The summed E-state index contributed by atoms with van der Waals surface area (Å²) < 4.78 is 10.7. The summed E-state index contributed by atoms with van der Waals surface area (Å²) in [4.78, 5) is 28.6. The molecule has 0 fully saturated rings. The number of amides is 2. The molecule has 0 saturated heterocycles. The minimum absolute atomic E-state index is 0.0465. The summed E-state index contributed by atoms with van der Waals surface area (Å²) in [5, 5.41) is 3.07. The lowest BCUT2D eigenvalue weighted by molar-refractivity contribution is -0.143. The summed E-state index contributed by atoms with van der Waals surface area (Å²) in [5.41, 5.74) is 3.02. The quantitative estimate of drug-likeness (QED) is 0.403. The molecule has 0 unspecified atom stereocenters. The number of hydrogen-bond donors (Lipinski definition) is 1. The Kier molecular flexibility index (Phi) is 9.92. The second-order valence-corrected chi connectivity index (χ2v) is 9.04. The summed E-state index contributed by atoms with van der Waals surface area (Å²) in [7, 11) is 3.20. The molecule has 190 valence electrons. The molecule has 0 aliphatic heterocycles. The smallest absolute Gasteiger partial charge is 0.243 e. The first-order valence-electron chi connectivity index (χ1n) is 12.3. The van der Waals surface area contributed by atoms with Crippen molar-refractivity contribution in [3.63, 3.8) is 0 Å². The topological polar surface area (TPSA) is 67.9 Å². The highest BCUT2D eigenvalue weighted by Crippen LogP contribution is 2.27. The van der Waals surface area contributed by atoms with Gasteiger partial charge < -0.3 is 19.7 Å². The Bertz CT molecular complexity index is 1120. The zero-order valence-electron chi connectivity index (χ0n) is 21.6. The summed E-state index contributed by atoms with van der Waals surface area (Å²) in [5.74, 6) is 0.877. The van der Waals surface area contributed by atoms with E-state index in [0.29, 0.717) is 37.4 Å². The first kappa shape index (κ1) is 26.8. The molecule has 1 N–H and O–H groups in total. The summed E-state index contributed by atoms with van der Waals surface area (Å²) in [6.07, 6.45) is 1.06. The molecule has 0 saturated carbocycles. The van der Waals surface area contributed by atoms with Gasteiger partial charge in [-0.3, -0.25) is 9.59 Å². The Labute approximate surface area is 214 Å². The SMILES string of the molecule is COc1ccc(CCNC(=O)[C@@H](Cc2ccccc2)N(Cc2ccccc2)C(=O)C(C)C)cc1OC. The van der Waals surface area contributed by atoms with Gasteiger partial charge >= 0.3 is 0 Å². The highest BCUT2D eigenvalue weighted by atomic mass is 16.5. The molecule has 6 nitrogen and oxygen atoms in total. The van der Waals surface area contributed by atoms with E-state index < -0.39 is 6.04 Å². The number of hydrogen-bond acceptors (Lipinski definition) is 4. The highest BCUT2D eigenvalue weighted by molar-refractivity contribution is 5.88. The number of rotatable bonds is 12. The van der Waals surface area contributed by atoms with Gasteiger partial charge in [-0.25, -0.2) is 0 Å². The van der Waals surface area contributed by atoms with Gasteiger partial charge in [-0.05, 0) is 35.2 Å². The van der Waals surface area contributed by atoms with E-state index in [1.165, 1.54) is 0 Å². The van der Waals surface area contributed by atoms with E-state index in [2.05, 4.69) is 5.32 Å². The summed E-state index contributed by atoms with van der Waals surface area (Å²) in [6, 6.07) is 24.7. The molecule has 0 spiro atoms. The number of nitrogens with zero attached hydrogens (tertiary/aromatic N) is 1. The van der Waals surface area contributed by atoms with E-state index in [1.54, 1.807) is 19.1 Å². The Balaban J connectivity index is 1.80. The van der Waals surface area contributed by atoms with E-state index in [9.17, 15) is 9.59 Å². The predicted octanol–water partition coefficient (Wildman–Crippen LogP) is 4.66. The zero-order chi connectivity index (χ0) is 25.9. The number of carbonyl (C=O) groups is 2. The van der Waals surface area contributed by atoms with Crippen LogP contribution in [0.1, 0.15) is 30.5 Å². The zero-order valence-corrected chi connectivity index (χ0v) is 21.6. The number of ether oxygens (including phenoxy) is 2. The second kappa shape index (κ2) is 13.3. The minimum Gasteiger partial charge on any atom is -0.493 e. The Morgan fingerprint density at radius 3 is 2.00 bits per heavy atom. The first-order chi connectivity index (χ1) is 17.4. The van der Waals surface area contributed by atoms with Gasteiger partial charge in [0.25, 0.3) is 0 Å². The lowest BCUT2D eigenvalue weighted by Gasteiger charge is -2.32. The Morgan fingerprint density at radius 1 is 0.806 bits per heavy atom. The van der Waals surface area contributed by atoms with E-state index in [1.807, 2.05) is 92.7 Å². The number of methoxy groups -OCH3 is 2. The first-order valence-corrected chi connectivity index (χ1v) is 12.3.